The van der Waals surface area contributed by atoms with Gasteiger partial charge in [0.15, 0.2) is 0 Å². The quantitative estimate of drug-likeness (QED) is 0.825. The minimum atomic E-state index is -0.884. The highest BCUT2D eigenvalue weighted by atomic mass is 16.5. The zero-order chi connectivity index (χ0) is 14.0. The molecule has 2 rings (SSSR count). The van der Waals surface area contributed by atoms with Gasteiger partial charge in [-0.15, -0.1) is 0 Å². The van der Waals surface area contributed by atoms with Crippen LogP contribution in [-0.4, -0.2) is 47.7 Å². The minimum Gasteiger partial charge on any atom is -0.480 e. The largest absolute Gasteiger partial charge is 0.480 e. The SMILES string of the molecule is CC1(C)CCCN(C(=O)C2CCOCC2)C1C(=O)O. The summed E-state index contributed by atoms with van der Waals surface area (Å²) >= 11 is 0. The minimum absolute atomic E-state index is 0.00322. The Morgan fingerprint density at radius 1 is 1.26 bits per heavy atom. The van der Waals surface area contributed by atoms with Crippen LogP contribution in [0.25, 0.3) is 0 Å². The molecule has 2 heterocycles. The molecule has 2 fully saturated rings. The molecule has 0 radical (unpaired) electrons. The van der Waals surface area contributed by atoms with E-state index in [1.807, 2.05) is 13.8 Å². The summed E-state index contributed by atoms with van der Waals surface area (Å²) < 4.78 is 5.27. The maximum absolute atomic E-state index is 12.6. The first-order valence-electron chi connectivity index (χ1n) is 7.04. The number of amides is 1. The van der Waals surface area contributed by atoms with E-state index < -0.39 is 12.0 Å². The van der Waals surface area contributed by atoms with E-state index in [4.69, 9.17) is 4.74 Å². The molecule has 1 amide bonds. The van der Waals surface area contributed by atoms with Crippen molar-refractivity contribution in [2.75, 3.05) is 19.8 Å². The number of hydrogen-bond donors (Lipinski definition) is 1. The van der Waals surface area contributed by atoms with Crippen LogP contribution >= 0.6 is 0 Å². The van der Waals surface area contributed by atoms with Gasteiger partial charge >= 0.3 is 5.97 Å². The molecular weight excluding hydrogens is 246 g/mol. The number of aliphatic carboxylic acids is 1. The molecule has 0 spiro atoms. The zero-order valence-electron chi connectivity index (χ0n) is 11.7. The van der Waals surface area contributed by atoms with E-state index in [9.17, 15) is 14.7 Å². The number of hydrogen-bond acceptors (Lipinski definition) is 3. The van der Waals surface area contributed by atoms with Crippen molar-refractivity contribution in [3.05, 3.63) is 0 Å². The summed E-state index contributed by atoms with van der Waals surface area (Å²) in [7, 11) is 0. The molecule has 1 N–H and O–H groups in total. The Morgan fingerprint density at radius 3 is 2.47 bits per heavy atom. The fraction of sp³-hybridized carbons (Fsp3) is 0.857. The lowest BCUT2D eigenvalue weighted by atomic mass is 9.75. The molecule has 0 saturated carbocycles. The first-order chi connectivity index (χ1) is 8.93. The van der Waals surface area contributed by atoms with Crippen molar-refractivity contribution < 1.29 is 19.4 Å². The second kappa shape index (κ2) is 5.49. The molecule has 5 heteroatoms. The second-order valence-electron chi connectivity index (χ2n) is 6.25. The smallest absolute Gasteiger partial charge is 0.326 e. The van der Waals surface area contributed by atoms with Crippen molar-refractivity contribution in [1.82, 2.24) is 4.90 Å². The molecule has 0 aliphatic carbocycles. The highest BCUT2D eigenvalue weighted by Gasteiger charge is 2.45. The Morgan fingerprint density at radius 2 is 1.89 bits per heavy atom. The number of rotatable bonds is 2. The Kier molecular flexibility index (Phi) is 4.13. The molecule has 5 nitrogen and oxygen atoms in total. The number of carbonyl (C=O) groups is 2. The lowest BCUT2D eigenvalue weighted by Crippen LogP contribution is -2.57. The molecule has 2 aliphatic rings. The van der Waals surface area contributed by atoms with Crippen LogP contribution in [0.4, 0.5) is 0 Å². The van der Waals surface area contributed by atoms with Crippen LogP contribution in [0, 0.1) is 11.3 Å². The van der Waals surface area contributed by atoms with Gasteiger partial charge in [-0.05, 0) is 31.1 Å². The van der Waals surface area contributed by atoms with E-state index in [1.165, 1.54) is 0 Å². The summed E-state index contributed by atoms with van der Waals surface area (Å²) in [6.07, 6.45) is 3.15. The summed E-state index contributed by atoms with van der Waals surface area (Å²) in [6, 6.07) is -0.698. The maximum Gasteiger partial charge on any atom is 0.326 e. The Labute approximate surface area is 113 Å². The van der Waals surface area contributed by atoms with E-state index in [2.05, 4.69) is 0 Å². The van der Waals surface area contributed by atoms with Gasteiger partial charge in [0, 0.05) is 25.7 Å². The lowest BCUT2D eigenvalue weighted by Gasteiger charge is -2.45. The average Bonchev–Trinajstić information content (AvgIpc) is 2.37. The van der Waals surface area contributed by atoms with Crippen LogP contribution in [0.3, 0.4) is 0 Å². The number of ether oxygens (including phenoxy) is 1. The summed E-state index contributed by atoms with van der Waals surface area (Å²) in [5, 5.41) is 9.47. The van der Waals surface area contributed by atoms with E-state index in [0.29, 0.717) is 32.6 Å². The van der Waals surface area contributed by atoms with Crippen molar-refractivity contribution >= 4 is 11.9 Å². The van der Waals surface area contributed by atoms with E-state index >= 15 is 0 Å². The van der Waals surface area contributed by atoms with E-state index in [1.54, 1.807) is 4.90 Å². The van der Waals surface area contributed by atoms with Gasteiger partial charge in [-0.2, -0.15) is 0 Å². The van der Waals surface area contributed by atoms with Crippen molar-refractivity contribution in [3.63, 3.8) is 0 Å². The molecular formula is C14H23NO4. The maximum atomic E-state index is 12.6. The van der Waals surface area contributed by atoms with Crippen molar-refractivity contribution in [1.29, 1.82) is 0 Å². The van der Waals surface area contributed by atoms with Gasteiger partial charge in [0.05, 0.1) is 0 Å². The Bertz CT molecular complexity index is 360. The molecule has 2 saturated heterocycles. The van der Waals surface area contributed by atoms with Crippen LogP contribution in [0.15, 0.2) is 0 Å². The molecule has 2 aliphatic heterocycles. The number of carboxylic acids is 1. The second-order valence-corrected chi connectivity index (χ2v) is 6.25. The number of piperidine rings is 1. The van der Waals surface area contributed by atoms with E-state index in [-0.39, 0.29) is 17.2 Å². The monoisotopic (exact) mass is 269 g/mol. The van der Waals surface area contributed by atoms with Crippen LogP contribution in [0.2, 0.25) is 0 Å². The molecule has 0 aromatic carbocycles. The third-order valence-electron chi connectivity index (χ3n) is 4.36. The van der Waals surface area contributed by atoms with Gasteiger partial charge < -0.3 is 14.7 Å². The number of carbonyl (C=O) groups excluding carboxylic acids is 1. The van der Waals surface area contributed by atoms with Crippen LogP contribution in [0.1, 0.15) is 39.5 Å². The van der Waals surface area contributed by atoms with Crippen LogP contribution in [-0.2, 0) is 14.3 Å². The molecule has 108 valence electrons. The van der Waals surface area contributed by atoms with Crippen LogP contribution < -0.4 is 0 Å². The van der Waals surface area contributed by atoms with Gasteiger partial charge in [-0.3, -0.25) is 4.79 Å². The summed E-state index contributed by atoms with van der Waals surface area (Å²) in [5.41, 5.74) is -0.356. The topological polar surface area (TPSA) is 66.8 Å². The van der Waals surface area contributed by atoms with Gasteiger partial charge in [0.1, 0.15) is 6.04 Å². The van der Waals surface area contributed by atoms with Crippen molar-refractivity contribution in [2.45, 2.75) is 45.6 Å². The van der Waals surface area contributed by atoms with Crippen molar-refractivity contribution in [3.8, 4) is 0 Å². The number of carboxylic acid groups (broad SMARTS) is 1. The predicted molar refractivity (Wildman–Crippen MR) is 69.7 cm³/mol. The zero-order valence-corrected chi connectivity index (χ0v) is 11.7. The highest BCUT2D eigenvalue weighted by molar-refractivity contribution is 5.86. The highest BCUT2D eigenvalue weighted by Crippen LogP contribution is 2.36. The summed E-state index contributed by atoms with van der Waals surface area (Å²) in [5.74, 6) is -0.946. The van der Waals surface area contributed by atoms with Gasteiger partial charge in [-0.1, -0.05) is 13.8 Å². The summed E-state index contributed by atoms with van der Waals surface area (Å²) in [4.78, 5) is 25.7. The van der Waals surface area contributed by atoms with Gasteiger partial charge in [0.2, 0.25) is 5.91 Å². The molecule has 19 heavy (non-hydrogen) atoms. The molecule has 0 aromatic heterocycles. The molecule has 1 unspecified atom stereocenters. The van der Waals surface area contributed by atoms with Crippen molar-refractivity contribution in [2.24, 2.45) is 11.3 Å². The standard InChI is InChI=1S/C14H23NO4/c1-14(2)6-3-7-15(11(14)13(17)18)12(16)10-4-8-19-9-5-10/h10-11H,3-9H2,1-2H3,(H,17,18). The van der Waals surface area contributed by atoms with Gasteiger partial charge in [0.25, 0.3) is 0 Å². The first-order valence-corrected chi connectivity index (χ1v) is 7.04. The first kappa shape index (κ1) is 14.3. The fourth-order valence-corrected chi connectivity index (χ4v) is 3.28. The fourth-order valence-electron chi connectivity index (χ4n) is 3.28. The predicted octanol–water partition coefficient (Wildman–Crippen LogP) is 1.51. The van der Waals surface area contributed by atoms with E-state index in [0.717, 1.165) is 12.8 Å². The number of likely N-dealkylation sites (tertiary alicyclic amines) is 1. The number of nitrogens with zero attached hydrogens (tertiary/aromatic N) is 1. The Hall–Kier alpha value is -1.10. The lowest BCUT2D eigenvalue weighted by molar-refractivity contribution is -0.162. The average molecular weight is 269 g/mol. The molecule has 1 atom stereocenters. The summed E-state index contributed by atoms with van der Waals surface area (Å²) in [6.45, 7) is 5.65. The normalized spacial score (nSPS) is 28.1. The molecule has 0 bridgehead atoms. The van der Waals surface area contributed by atoms with Gasteiger partial charge in [-0.25, -0.2) is 4.79 Å². The van der Waals surface area contributed by atoms with Crippen LogP contribution in [0.5, 0.6) is 0 Å². The third kappa shape index (κ3) is 2.91. The molecule has 0 aromatic rings. The Balaban J connectivity index is 2.15. The third-order valence-corrected chi connectivity index (χ3v) is 4.36.